The molecule has 0 heterocycles. The first-order valence-electron chi connectivity index (χ1n) is 6.98. The van der Waals surface area contributed by atoms with E-state index in [1.807, 2.05) is 17.8 Å². The largest absolute Gasteiger partial charge is 0.489 e. The predicted octanol–water partition coefficient (Wildman–Crippen LogP) is 5.30. The van der Waals surface area contributed by atoms with Crippen molar-refractivity contribution in [1.29, 1.82) is 0 Å². The lowest BCUT2D eigenvalue weighted by Crippen LogP contribution is -2.04. The Morgan fingerprint density at radius 1 is 1.21 bits per heavy atom. The van der Waals surface area contributed by atoms with Gasteiger partial charge in [0, 0.05) is 5.57 Å². The van der Waals surface area contributed by atoms with Crippen LogP contribution in [0.3, 0.4) is 0 Å². The molecule has 0 fully saturated rings. The molecule has 1 aliphatic rings. The van der Waals surface area contributed by atoms with E-state index in [4.69, 9.17) is 4.74 Å². The summed E-state index contributed by atoms with van der Waals surface area (Å²) in [4.78, 5) is 1.51. The third-order valence-electron chi connectivity index (χ3n) is 3.32. The van der Waals surface area contributed by atoms with Crippen LogP contribution in [0, 0.1) is 0 Å². The van der Waals surface area contributed by atoms with Gasteiger partial charge in [0.1, 0.15) is 12.4 Å². The molecule has 102 valence electrons. The molecule has 0 saturated carbocycles. The first-order valence-corrected chi connectivity index (χ1v) is 8.21. The first-order chi connectivity index (χ1) is 9.35. The van der Waals surface area contributed by atoms with E-state index in [9.17, 15) is 0 Å². The summed E-state index contributed by atoms with van der Waals surface area (Å²) in [5.74, 6) is 1.11. The molecule has 0 amide bonds. The van der Waals surface area contributed by atoms with Crippen molar-refractivity contribution in [3.8, 4) is 0 Å². The predicted molar refractivity (Wildman–Crippen MR) is 84.0 cm³/mol. The second kappa shape index (κ2) is 7.44. The van der Waals surface area contributed by atoms with Crippen LogP contribution >= 0.6 is 11.8 Å². The second-order valence-electron chi connectivity index (χ2n) is 4.74. The van der Waals surface area contributed by atoms with Crippen LogP contribution in [0.2, 0.25) is 0 Å². The maximum atomic E-state index is 6.06. The van der Waals surface area contributed by atoms with Crippen LogP contribution in [0.1, 0.15) is 38.2 Å². The molecule has 2 heteroatoms. The molecule has 1 aliphatic carbocycles. The highest BCUT2D eigenvalue weighted by molar-refractivity contribution is 8.02. The Morgan fingerprint density at radius 2 is 2.00 bits per heavy atom. The lowest BCUT2D eigenvalue weighted by Gasteiger charge is -2.21. The number of rotatable bonds is 6. The Bertz CT molecular complexity index is 459. The van der Waals surface area contributed by atoms with Gasteiger partial charge in [-0.25, -0.2) is 0 Å². The molecule has 1 aromatic carbocycles. The van der Waals surface area contributed by atoms with Crippen LogP contribution in [-0.4, -0.2) is 6.26 Å². The van der Waals surface area contributed by atoms with Gasteiger partial charge in [0.25, 0.3) is 0 Å². The standard InChI is InChI=1S/C17H22OS/c1-3-8-15-16(11-7-12-17(15)19-2)18-13-14-9-5-4-6-10-14/h4-6,9-11H,3,7-8,12-13H2,1-2H3. The van der Waals surface area contributed by atoms with Crippen molar-refractivity contribution in [1.82, 2.24) is 0 Å². The third-order valence-corrected chi connectivity index (χ3v) is 4.26. The van der Waals surface area contributed by atoms with Crippen LogP contribution in [0.25, 0.3) is 0 Å². The van der Waals surface area contributed by atoms with Crippen molar-refractivity contribution < 1.29 is 4.74 Å². The number of hydrogen-bond acceptors (Lipinski definition) is 2. The van der Waals surface area contributed by atoms with Crippen molar-refractivity contribution in [2.24, 2.45) is 0 Å². The number of hydrogen-bond donors (Lipinski definition) is 0. The van der Waals surface area contributed by atoms with Crippen LogP contribution in [0.4, 0.5) is 0 Å². The van der Waals surface area contributed by atoms with Gasteiger partial charge < -0.3 is 4.74 Å². The van der Waals surface area contributed by atoms with Crippen LogP contribution in [-0.2, 0) is 11.3 Å². The fourth-order valence-electron chi connectivity index (χ4n) is 2.37. The van der Waals surface area contributed by atoms with Crippen molar-refractivity contribution in [3.05, 3.63) is 58.2 Å². The van der Waals surface area contributed by atoms with Gasteiger partial charge >= 0.3 is 0 Å². The SMILES string of the molecule is CCCC1=C(SC)CCC=C1OCc1ccccc1. The lowest BCUT2D eigenvalue weighted by atomic mass is 10.0. The molecule has 0 radical (unpaired) electrons. The molecule has 0 aromatic heterocycles. The van der Waals surface area contributed by atoms with E-state index < -0.39 is 0 Å². The molecule has 1 aromatic rings. The van der Waals surface area contributed by atoms with Gasteiger partial charge in [0.05, 0.1) is 0 Å². The van der Waals surface area contributed by atoms with Gasteiger partial charge in [-0.2, -0.15) is 0 Å². The summed E-state index contributed by atoms with van der Waals surface area (Å²) in [5, 5.41) is 0. The average molecular weight is 274 g/mol. The Kier molecular flexibility index (Phi) is 5.59. The summed E-state index contributed by atoms with van der Waals surface area (Å²) in [6, 6.07) is 10.4. The monoisotopic (exact) mass is 274 g/mol. The molecule has 2 rings (SSSR count). The molecular weight excluding hydrogens is 252 g/mol. The summed E-state index contributed by atoms with van der Waals surface area (Å²) in [5.41, 5.74) is 2.66. The highest BCUT2D eigenvalue weighted by Crippen LogP contribution is 2.35. The highest BCUT2D eigenvalue weighted by Gasteiger charge is 2.16. The minimum Gasteiger partial charge on any atom is -0.489 e. The molecule has 0 aliphatic heterocycles. The van der Waals surface area contributed by atoms with Crippen molar-refractivity contribution in [3.63, 3.8) is 0 Å². The Hall–Kier alpha value is -1.15. The normalized spacial score (nSPS) is 15.4. The number of benzene rings is 1. The fourth-order valence-corrected chi connectivity index (χ4v) is 3.14. The molecule has 1 nitrogen and oxygen atoms in total. The Morgan fingerprint density at radius 3 is 2.68 bits per heavy atom. The number of allylic oxidation sites excluding steroid dienone is 3. The number of thioether (sulfide) groups is 1. The summed E-state index contributed by atoms with van der Waals surface area (Å²) in [6.45, 7) is 2.90. The van der Waals surface area contributed by atoms with Gasteiger partial charge in [-0.15, -0.1) is 11.8 Å². The lowest BCUT2D eigenvalue weighted by molar-refractivity contribution is 0.202. The molecular formula is C17H22OS. The van der Waals surface area contributed by atoms with Gasteiger partial charge in [-0.1, -0.05) is 43.7 Å². The van der Waals surface area contributed by atoms with E-state index in [2.05, 4.69) is 43.5 Å². The van der Waals surface area contributed by atoms with E-state index in [0.29, 0.717) is 6.61 Å². The molecule has 0 atom stereocenters. The highest BCUT2D eigenvalue weighted by atomic mass is 32.2. The fraction of sp³-hybridized carbons (Fsp3) is 0.412. The minimum absolute atomic E-state index is 0.668. The maximum absolute atomic E-state index is 6.06. The molecule has 19 heavy (non-hydrogen) atoms. The van der Waals surface area contributed by atoms with Gasteiger partial charge in [-0.3, -0.25) is 0 Å². The first kappa shape index (κ1) is 14.3. The van der Waals surface area contributed by atoms with E-state index in [1.54, 1.807) is 0 Å². The van der Waals surface area contributed by atoms with E-state index in [1.165, 1.54) is 28.9 Å². The Labute approximate surface area is 120 Å². The zero-order chi connectivity index (χ0) is 13.5. The van der Waals surface area contributed by atoms with Crippen LogP contribution in [0.15, 0.2) is 52.6 Å². The topological polar surface area (TPSA) is 9.23 Å². The average Bonchev–Trinajstić information content (AvgIpc) is 2.47. The number of ether oxygens (including phenoxy) is 1. The minimum atomic E-state index is 0.668. The maximum Gasteiger partial charge on any atom is 0.119 e. The Balaban J connectivity index is 2.06. The smallest absolute Gasteiger partial charge is 0.119 e. The van der Waals surface area contributed by atoms with E-state index >= 15 is 0 Å². The molecule has 0 bridgehead atoms. The summed E-state index contributed by atoms with van der Waals surface area (Å²) in [7, 11) is 0. The molecule has 0 saturated heterocycles. The third kappa shape index (κ3) is 3.90. The van der Waals surface area contributed by atoms with Gasteiger partial charge in [0.15, 0.2) is 0 Å². The molecule has 0 N–H and O–H groups in total. The summed E-state index contributed by atoms with van der Waals surface area (Å²) < 4.78 is 6.06. The second-order valence-corrected chi connectivity index (χ2v) is 5.64. The van der Waals surface area contributed by atoms with Crippen LogP contribution < -0.4 is 0 Å². The zero-order valence-corrected chi connectivity index (χ0v) is 12.6. The quantitative estimate of drug-likeness (QED) is 0.696. The molecule has 0 spiro atoms. The van der Waals surface area contributed by atoms with Crippen molar-refractivity contribution in [2.45, 2.75) is 39.2 Å². The van der Waals surface area contributed by atoms with Gasteiger partial charge in [-0.05, 0) is 42.1 Å². The zero-order valence-electron chi connectivity index (χ0n) is 11.8. The van der Waals surface area contributed by atoms with E-state index in [-0.39, 0.29) is 0 Å². The van der Waals surface area contributed by atoms with Crippen LogP contribution in [0.5, 0.6) is 0 Å². The van der Waals surface area contributed by atoms with Crippen molar-refractivity contribution in [2.75, 3.05) is 6.26 Å². The van der Waals surface area contributed by atoms with Gasteiger partial charge in [0.2, 0.25) is 0 Å². The summed E-state index contributed by atoms with van der Waals surface area (Å²) in [6.07, 6.45) is 9.00. The molecule has 0 unspecified atom stereocenters. The van der Waals surface area contributed by atoms with E-state index in [0.717, 1.165) is 18.6 Å². The summed E-state index contributed by atoms with van der Waals surface area (Å²) >= 11 is 1.88. The van der Waals surface area contributed by atoms with Crippen molar-refractivity contribution >= 4 is 11.8 Å².